The molecule has 0 unspecified atom stereocenters. The Morgan fingerprint density at radius 2 is 1.44 bits per heavy atom. The van der Waals surface area contributed by atoms with Gasteiger partial charge < -0.3 is 5.32 Å². The number of rotatable bonds is 1. The van der Waals surface area contributed by atoms with Gasteiger partial charge in [0.1, 0.15) is 0 Å². The maximum atomic E-state index is 3.13. The van der Waals surface area contributed by atoms with E-state index >= 15 is 0 Å². The molecule has 0 aliphatic rings. The van der Waals surface area contributed by atoms with E-state index in [1.807, 2.05) is 20.9 Å². The van der Waals surface area contributed by atoms with E-state index in [0.29, 0.717) is 0 Å². The summed E-state index contributed by atoms with van der Waals surface area (Å²) in [5, 5.41) is 5.73. The molecule has 0 amide bonds. The van der Waals surface area contributed by atoms with Crippen molar-refractivity contribution in [2.75, 3.05) is 12.4 Å². The highest BCUT2D eigenvalue weighted by molar-refractivity contribution is 5.86. The summed E-state index contributed by atoms with van der Waals surface area (Å²) in [6, 6.07) is 12.9. The number of hydrogen-bond donors (Lipinski definition) is 1. The van der Waals surface area contributed by atoms with Gasteiger partial charge in [-0.05, 0) is 29.8 Å². The highest BCUT2D eigenvalue weighted by Gasteiger charge is 1.94. The highest BCUT2D eigenvalue weighted by atomic mass is 14.8. The lowest BCUT2D eigenvalue weighted by molar-refractivity contribution is 1.49. The van der Waals surface area contributed by atoms with Gasteiger partial charge in [0.2, 0.25) is 0 Å². The Kier molecular flexibility index (Phi) is 8.09. The maximum absolute atomic E-state index is 3.13. The van der Waals surface area contributed by atoms with E-state index in [2.05, 4.69) is 67.5 Å². The number of nitrogens with one attached hydrogen (secondary N) is 1. The number of aryl methyl sites for hydroxylation is 1. The third kappa shape index (κ3) is 4.90. The Bertz CT molecular complexity index is 506. The molecule has 0 aliphatic heterocycles. The van der Waals surface area contributed by atoms with Gasteiger partial charge >= 0.3 is 0 Å². The molecule has 0 bridgehead atoms. The normalized spacial score (nSPS) is 8.22. The summed E-state index contributed by atoms with van der Waals surface area (Å²) in [6.07, 6.45) is 0. The van der Waals surface area contributed by atoms with Gasteiger partial charge in [0.15, 0.2) is 0 Å². The fourth-order valence-electron chi connectivity index (χ4n) is 1.52. The zero-order chi connectivity index (χ0) is 14.0. The molecule has 1 N–H and O–H groups in total. The number of fused-ring (bicyclic) bond motifs is 1. The summed E-state index contributed by atoms with van der Waals surface area (Å²) in [5.74, 6) is 0. The van der Waals surface area contributed by atoms with Crippen molar-refractivity contribution in [1.29, 1.82) is 0 Å². The van der Waals surface area contributed by atoms with Crippen molar-refractivity contribution in [2.45, 2.75) is 20.8 Å². The van der Waals surface area contributed by atoms with Gasteiger partial charge in [-0.15, -0.1) is 5.73 Å². The van der Waals surface area contributed by atoms with Gasteiger partial charge in [-0.25, -0.2) is 0 Å². The lowest BCUT2D eigenvalue weighted by Crippen LogP contribution is -1.86. The molecule has 0 aromatic heterocycles. The first-order valence-electron chi connectivity index (χ1n) is 6.18. The van der Waals surface area contributed by atoms with Crippen LogP contribution < -0.4 is 5.32 Å². The predicted molar refractivity (Wildman–Crippen MR) is 84.3 cm³/mol. The number of anilines is 1. The van der Waals surface area contributed by atoms with Crippen molar-refractivity contribution < 1.29 is 0 Å². The highest BCUT2D eigenvalue weighted by Crippen LogP contribution is 2.19. The molecule has 0 aliphatic carbocycles. The summed E-state index contributed by atoms with van der Waals surface area (Å²) < 4.78 is 0. The molecule has 1 heteroatoms. The van der Waals surface area contributed by atoms with E-state index in [9.17, 15) is 0 Å². The van der Waals surface area contributed by atoms with Crippen molar-refractivity contribution in [2.24, 2.45) is 0 Å². The zero-order valence-electron chi connectivity index (χ0n) is 11.9. The summed E-state index contributed by atoms with van der Waals surface area (Å²) in [4.78, 5) is 0. The third-order valence-corrected chi connectivity index (χ3v) is 2.28. The maximum Gasteiger partial charge on any atom is 0.0343 e. The molecule has 0 spiro atoms. The molecule has 18 heavy (non-hydrogen) atoms. The second kappa shape index (κ2) is 9.09. The first-order valence-corrected chi connectivity index (χ1v) is 6.18. The lowest BCUT2D eigenvalue weighted by atomic mass is 10.1. The fourth-order valence-corrected chi connectivity index (χ4v) is 1.52. The standard InChI is InChI=1S/C12H13N.C3H4.C2H6/c1-9-3-4-11-8-12(13-2)6-5-10(11)7-9;1-3-2;1-2/h3-8,13H,1-2H3;1-2H2;1-2H3. The van der Waals surface area contributed by atoms with Crippen molar-refractivity contribution >= 4 is 16.5 Å². The van der Waals surface area contributed by atoms with Crippen LogP contribution in [0.25, 0.3) is 10.8 Å². The van der Waals surface area contributed by atoms with Crippen molar-refractivity contribution in [3.63, 3.8) is 0 Å². The molecule has 2 aromatic carbocycles. The average Bonchev–Trinajstić information content (AvgIpc) is 2.41. The van der Waals surface area contributed by atoms with Crippen molar-refractivity contribution in [3.8, 4) is 0 Å². The minimum atomic E-state index is 1.16. The van der Waals surface area contributed by atoms with E-state index in [0.717, 1.165) is 5.69 Å². The van der Waals surface area contributed by atoms with Gasteiger partial charge in [-0.1, -0.05) is 56.8 Å². The Labute approximate surface area is 111 Å². The van der Waals surface area contributed by atoms with Gasteiger partial charge in [0, 0.05) is 12.7 Å². The van der Waals surface area contributed by atoms with Crippen LogP contribution in [0.3, 0.4) is 0 Å². The first kappa shape index (κ1) is 16.0. The zero-order valence-corrected chi connectivity index (χ0v) is 11.9. The molecule has 0 atom stereocenters. The second-order valence-corrected chi connectivity index (χ2v) is 3.57. The molecular weight excluding hydrogens is 218 g/mol. The van der Waals surface area contributed by atoms with Crippen LogP contribution >= 0.6 is 0 Å². The molecule has 0 radical (unpaired) electrons. The van der Waals surface area contributed by atoms with Gasteiger partial charge in [-0.3, -0.25) is 0 Å². The molecule has 1 nitrogen and oxygen atoms in total. The van der Waals surface area contributed by atoms with Crippen LogP contribution in [0.5, 0.6) is 0 Å². The molecule has 0 saturated heterocycles. The summed E-state index contributed by atoms with van der Waals surface area (Å²) in [7, 11) is 1.94. The molecule has 2 rings (SSSR count). The van der Waals surface area contributed by atoms with Crippen LogP contribution in [0.1, 0.15) is 19.4 Å². The Morgan fingerprint density at radius 1 is 0.944 bits per heavy atom. The summed E-state index contributed by atoms with van der Waals surface area (Å²) in [6.45, 7) is 12.4. The van der Waals surface area contributed by atoms with Crippen LogP contribution in [0.15, 0.2) is 55.3 Å². The van der Waals surface area contributed by atoms with E-state index in [4.69, 9.17) is 0 Å². The van der Waals surface area contributed by atoms with Crippen LogP contribution in [-0.4, -0.2) is 7.05 Å². The minimum Gasteiger partial charge on any atom is -0.388 e. The van der Waals surface area contributed by atoms with E-state index in [1.165, 1.54) is 16.3 Å². The van der Waals surface area contributed by atoms with Gasteiger partial charge in [0.05, 0.1) is 0 Å². The van der Waals surface area contributed by atoms with Crippen molar-refractivity contribution in [3.05, 3.63) is 60.9 Å². The third-order valence-electron chi connectivity index (χ3n) is 2.28. The Balaban J connectivity index is 0.000000509. The second-order valence-electron chi connectivity index (χ2n) is 3.57. The average molecular weight is 241 g/mol. The fraction of sp³-hybridized carbons (Fsp3) is 0.235. The smallest absolute Gasteiger partial charge is 0.0343 e. The number of hydrogen-bond acceptors (Lipinski definition) is 1. The van der Waals surface area contributed by atoms with E-state index < -0.39 is 0 Å². The summed E-state index contributed by atoms with van der Waals surface area (Å²) in [5.41, 5.74) is 4.72. The first-order chi connectivity index (χ1) is 8.71. The minimum absolute atomic E-state index is 1.16. The number of benzene rings is 2. The lowest BCUT2D eigenvalue weighted by Gasteiger charge is -2.03. The quantitative estimate of drug-likeness (QED) is 0.679. The van der Waals surface area contributed by atoms with E-state index in [-0.39, 0.29) is 0 Å². The van der Waals surface area contributed by atoms with Crippen LogP contribution in [0, 0.1) is 6.92 Å². The molecule has 0 saturated carbocycles. The van der Waals surface area contributed by atoms with Crippen molar-refractivity contribution in [1.82, 2.24) is 0 Å². The topological polar surface area (TPSA) is 12.0 Å². The van der Waals surface area contributed by atoms with Gasteiger partial charge in [0.25, 0.3) is 0 Å². The molecule has 2 aromatic rings. The van der Waals surface area contributed by atoms with Crippen LogP contribution in [-0.2, 0) is 0 Å². The summed E-state index contributed by atoms with van der Waals surface area (Å²) >= 11 is 0. The Hall–Kier alpha value is -1.98. The largest absolute Gasteiger partial charge is 0.388 e. The SMILES string of the molecule is C=C=C.CC.CNc1ccc2cc(C)ccc2c1. The Morgan fingerprint density at radius 3 is 2.00 bits per heavy atom. The molecular formula is C17H23N. The van der Waals surface area contributed by atoms with Crippen LogP contribution in [0.2, 0.25) is 0 Å². The molecule has 96 valence electrons. The van der Waals surface area contributed by atoms with Crippen LogP contribution in [0.4, 0.5) is 5.69 Å². The van der Waals surface area contributed by atoms with E-state index in [1.54, 1.807) is 0 Å². The van der Waals surface area contributed by atoms with Gasteiger partial charge in [-0.2, -0.15) is 0 Å². The molecule has 0 fully saturated rings. The predicted octanol–water partition coefficient (Wildman–Crippen LogP) is 5.17. The monoisotopic (exact) mass is 241 g/mol. The molecule has 0 heterocycles.